The number of aliphatic hydroxyl groups is 2. The Morgan fingerprint density at radius 1 is 0.941 bits per heavy atom. The van der Waals surface area contributed by atoms with E-state index in [-0.39, 0.29) is 31.2 Å². The van der Waals surface area contributed by atoms with Gasteiger partial charge in [-0.25, -0.2) is 9.97 Å². The van der Waals surface area contributed by atoms with Gasteiger partial charge in [-0.3, -0.25) is 9.59 Å². The van der Waals surface area contributed by atoms with Crippen molar-refractivity contribution in [3.05, 3.63) is 31.0 Å². The van der Waals surface area contributed by atoms with Crippen LogP contribution in [0, 0.1) is 11.8 Å². The molecule has 1 aliphatic carbocycles. The Morgan fingerprint density at radius 3 is 2.21 bits per heavy atom. The number of imidazole rings is 1. The zero-order chi connectivity index (χ0) is 24.5. The highest BCUT2D eigenvalue weighted by atomic mass is 16.3. The van der Waals surface area contributed by atoms with Gasteiger partial charge >= 0.3 is 0 Å². The number of aliphatic hydroxyl groups excluding tert-OH is 2. The van der Waals surface area contributed by atoms with E-state index in [0.717, 1.165) is 63.6 Å². The van der Waals surface area contributed by atoms with Crippen molar-refractivity contribution in [1.82, 2.24) is 19.5 Å². The summed E-state index contributed by atoms with van der Waals surface area (Å²) < 4.78 is 2.05. The average molecular weight is 477 g/mol. The van der Waals surface area contributed by atoms with E-state index >= 15 is 0 Å². The molecule has 0 radical (unpaired) electrons. The lowest BCUT2D eigenvalue weighted by molar-refractivity contribution is -0.123. The Balaban J connectivity index is 0.000000492. The first-order valence-electron chi connectivity index (χ1n) is 11.3. The quantitative estimate of drug-likeness (QED) is 0.455. The van der Waals surface area contributed by atoms with Gasteiger partial charge in [0.15, 0.2) is 0 Å². The van der Waals surface area contributed by atoms with Gasteiger partial charge in [-0.1, -0.05) is 0 Å². The zero-order valence-electron chi connectivity index (χ0n) is 18.9. The van der Waals surface area contributed by atoms with E-state index in [4.69, 9.17) is 24.8 Å². The summed E-state index contributed by atoms with van der Waals surface area (Å²) in [5, 5.41) is 34.2. The molecule has 12 heteroatoms. The van der Waals surface area contributed by atoms with Gasteiger partial charge in [-0.15, -0.1) is 0 Å². The number of carbonyl (C=O) groups is 2. The van der Waals surface area contributed by atoms with E-state index in [2.05, 4.69) is 19.8 Å². The Hall–Kier alpha value is -3.25. The highest BCUT2D eigenvalue weighted by Crippen LogP contribution is 2.42. The molecule has 2 aliphatic heterocycles. The molecule has 3 fully saturated rings. The maximum atomic E-state index is 10.7. The summed E-state index contributed by atoms with van der Waals surface area (Å²) in [6, 6.07) is 2.07. The third-order valence-electron chi connectivity index (χ3n) is 6.72. The fraction of sp³-hybridized carbons (Fsp3) is 0.591. The molecule has 0 aromatic carbocycles. The molecule has 34 heavy (non-hydrogen) atoms. The van der Waals surface area contributed by atoms with Crippen molar-refractivity contribution in [1.29, 1.82) is 0 Å². The molecule has 0 amide bonds. The standard InChI is InChI=1S/C20H28N6O2.2CH2O2/c27-16-2-6-24(7-3-16)19-1-4-22-20(23-19)26-11-14-9-17(25-8-5-21-13-25)18(28)10-15(14)12-26;2*2-1-3/h1,4-5,8,13-18,27-28H,2-3,6-7,9-12H2;2*1H,(H,2,3)/t14-,15+,17-,18-;;/m1../s1. The molecular weight excluding hydrogens is 444 g/mol. The third-order valence-corrected chi connectivity index (χ3v) is 6.72. The molecule has 4 N–H and O–H groups in total. The summed E-state index contributed by atoms with van der Waals surface area (Å²) >= 11 is 0. The Kier molecular flexibility index (Phi) is 9.16. The molecule has 2 aromatic rings. The molecule has 4 heterocycles. The van der Waals surface area contributed by atoms with Crippen molar-refractivity contribution in [2.75, 3.05) is 36.0 Å². The van der Waals surface area contributed by atoms with Crippen LogP contribution in [0.5, 0.6) is 0 Å². The zero-order valence-corrected chi connectivity index (χ0v) is 18.9. The third kappa shape index (κ3) is 6.20. The largest absolute Gasteiger partial charge is 0.483 e. The fourth-order valence-electron chi connectivity index (χ4n) is 5.12. The number of aromatic nitrogens is 4. The molecule has 0 unspecified atom stereocenters. The molecule has 186 valence electrons. The number of rotatable bonds is 3. The van der Waals surface area contributed by atoms with Gasteiger partial charge in [0, 0.05) is 44.8 Å². The van der Waals surface area contributed by atoms with Gasteiger partial charge in [0.05, 0.1) is 24.6 Å². The first-order chi connectivity index (χ1) is 16.5. The predicted molar refractivity (Wildman–Crippen MR) is 123 cm³/mol. The fourth-order valence-corrected chi connectivity index (χ4v) is 5.12. The SMILES string of the molecule is O=CO.O=CO.OC1CCN(c2ccnc(N3C[C@H]4C[C@@H](n5ccnc5)[C@H](O)C[C@H]4C3)n2)CC1. The highest BCUT2D eigenvalue weighted by Gasteiger charge is 2.43. The summed E-state index contributed by atoms with van der Waals surface area (Å²) in [7, 11) is 0. The van der Waals surface area contributed by atoms with Crippen LogP contribution >= 0.6 is 0 Å². The summed E-state index contributed by atoms with van der Waals surface area (Å²) in [4.78, 5) is 34.7. The van der Waals surface area contributed by atoms with Crippen LogP contribution in [0.3, 0.4) is 0 Å². The van der Waals surface area contributed by atoms with Gasteiger partial charge in [0.25, 0.3) is 12.9 Å². The first-order valence-corrected chi connectivity index (χ1v) is 11.3. The van der Waals surface area contributed by atoms with Gasteiger partial charge in [0.1, 0.15) is 5.82 Å². The van der Waals surface area contributed by atoms with Crippen molar-refractivity contribution in [3.63, 3.8) is 0 Å². The lowest BCUT2D eigenvalue weighted by Crippen LogP contribution is -2.36. The number of anilines is 2. The molecule has 4 atom stereocenters. The van der Waals surface area contributed by atoms with Gasteiger partial charge in [0.2, 0.25) is 5.95 Å². The van der Waals surface area contributed by atoms with Gasteiger partial charge in [-0.05, 0) is 43.6 Å². The molecule has 12 nitrogen and oxygen atoms in total. The summed E-state index contributed by atoms with van der Waals surface area (Å²) in [6.45, 7) is 3.01. The molecular formula is C22H32N6O6. The van der Waals surface area contributed by atoms with Crippen molar-refractivity contribution in [2.45, 2.75) is 43.9 Å². The van der Waals surface area contributed by atoms with E-state index in [0.29, 0.717) is 11.8 Å². The number of nitrogens with zero attached hydrogens (tertiary/aromatic N) is 6. The number of hydrogen-bond acceptors (Lipinski definition) is 9. The summed E-state index contributed by atoms with van der Waals surface area (Å²) in [6.07, 6.45) is 10.2. The van der Waals surface area contributed by atoms with E-state index < -0.39 is 0 Å². The molecule has 3 aliphatic rings. The van der Waals surface area contributed by atoms with Crippen molar-refractivity contribution >= 4 is 24.7 Å². The predicted octanol–water partition coefficient (Wildman–Crippen LogP) is 0.484. The molecule has 1 saturated carbocycles. The molecule has 5 rings (SSSR count). The van der Waals surface area contributed by atoms with Crippen LogP contribution in [0.15, 0.2) is 31.0 Å². The topological polar surface area (TPSA) is 165 Å². The number of hydrogen-bond donors (Lipinski definition) is 4. The summed E-state index contributed by atoms with van der Waals surface area (Å²) in [5.41, 5.74) is 0. The van der Waals surface area contributed by atoms with Crippen molar-refractivity contribution in [3.8, 4) is 0 Å². The second-order valence-electron chi connectivity index (χ2n) is 8.69. The minimum Gasteiger partial charge on any atom is -0.483 e. The normalized spacial score (nSPS) is 26.4. The number of carboxylic acid groups (broad SMARTS) is 2. The Bertz CT molecular complexity index is 886. The minimum absolute atomic E-state index is 0.107. The van der Waals surface area contributed by atoms with Crippen LogP contribution in [0.25, 0.3) is 0 Å². The number of fused-ring (bicyclic) bond motifs is 1. The lowest BCUT2D eigenvalue weighted by atomic mass is 9.77. The monoisotopic (exact) mass is 476 g/mol. The maximum Gasteiger partial charge on any atom is 0.290 e. The van der Waals surface area contributed by atoms with Crippen LogP contribution in [-0.4, -0.2) is 91.3 Å². The highest BCUT2D eigenvalue weighted by molar-refractivity contribution is 5.45. The van der Waals surface area contributed by atoms with E-state index in [1.165, 1.54) is 0 Å². The second kappa shape index (κ2) is 12.3. The minimum atomic E-state index is -0.331. The lowest BCUT2D eigenvalue weighted by Gasteiger charge is -2.35. The van der Waals surface area contributed by atoms with Crippen LogP contribution in [0.4, 0.5) is 11.8 Å². The van der Waals surface area contributed by atoms with Crippen LogP contribution in [-0.2, 0) is 9.59 Å². The molecule has 2 saturated heterocycles. The Morgan fingerprint density at radius 2 is 1.59 bits per heavy atom. The van der Waals surface area contributed by atoms with E-state index in [1.54, 1.807) is 6.20 Å². The Labute approximate surface area is 197 Å². The first kappa shape index (κ1) is 25.4. The van der Waals surface area contributed by atoms with Crippen LogP contribution in [0.2, 0.25) is 0 Å². The molecule has 2 aromatic heterocycles. The van der Waals surface area contributed by atoms with E-state index in [1.807, 2.05) is 29.4 Å². The van der Waals surface area contributed by atoms with Crippen molar-refractivity contribution in [2.24, 2.45) is 11.8 Å². The molecule has 0 bridgehead atoms. The number of piperidine rings is 1. The van der Waals surface area contributed by atoms with Crippen LogP contribution < -0.4 is 9.80 Å². The molecule has 0 spiro atoms. The maximum absolute atomic E-state index is 10.7. The van der Waals surface area contributed by atoms with Crippen LogP contribution in [0.1, 0.15) is 31.7 Å². The van der Waals surface area contributed by atoms with E-state index in [9.17, 15) is 10.2 Å². The van der Waals surface area contributed by atoms with Crippen molar-refractivity contribution < 1.29 is 30.0 Å². The second-order valence-corrected chi connectivity index (χ2v) is 8.69. The smallest absolute Gasteiger partial charge is 0.290 e. The van der Waals surface area contributed by atoms with Gasteiger partial charge < -0.3 is 34.8 Å². The average Bonchev–Trinajstić information content (AvgIpc) is 3.50. The summed E-state index contributed by atoms with van der Waals surface area (Å²) in [5.74, 6) is 2.75. The van der Waals surface area contributed by atoms with Gasteiger partial charge in [-0.2, -0.15) is 4.98 Å².